The molecule has 0 aliphatic carbocycles. The molecule has 0 saturated carbocycles. The second-order valence-electron chi connectivity index (χ2n) is 1.55. The van der Waals surface area contributed by atoms with Gasteiger partial charge in [-0.05, 0) is 0 Å². The van der Waals surface area contributed by atoms with Crippen LogP contribution in [0.1, 0.15) is 0 Å². The predicted molar refractivity (Wildman–Crippen MR) is 31.1 cm³/mol. The highest BCUT2D eigenvalue weighted by Crippen LogP contribution is 1.92. The molecule has 1 aromatic rings. The van der Waals surface area contributed by atoms with Crippen LogP contribution in [0, 0.1) is 0 Å². The van der Waals surface area contributed by atoms with E-state index in [1.54, 1.807) is 5.48 Å². The van der Waals surface area contributed by atoms with Gasteiger partial charge in [0.15, 0.2) is 5.82 Å². The van der Waals surface area contributed by atoms with E-state index >= 15 is 0 Å². The van der Waals surface area contributed by atoms with Gasteiger partial charge in [0.05, 0.1) is 6.20 Å². The maximum atomic E-state index is 10.4. The minimum absolute atomic E-state index is 0.00435. The predicted octanol–water partition coefficient (Wildman–Crippen LogP) is -0.718. The van der Waals surface area contributed by atoms with Crippen molar-refractivity contribution in [2.75, 3.05) is 5.48 Å². The molecule has 0 aromatic carbocycles. The largest absolute Gasteiger partial charge is 0.424 e. The first-order valence-corrected chi connectivity index (χ1v) is 2.43. The molecular weight excluding hydrogens is 138 g/mol. The van der Waals surface area contributed by atoms with E-state index in [1.165, 1.54) is 6.07 Å². The van der Waals surface area contributed by atoms with Crippen LogP contribution in [0.2, 0.25) is 0 Å². The van der Waals surface area contributed by atoms with Crippen LogP contribution in [-0.4, -0.2) is 20.1 Å². The van der Waals surface area contributed by atoms with Crippen LogP contribution in [0.4, 0.5) is 5.82 Å². The van der Waals surface area contributed by atoms with Crippen molar-refractivity contribution in [2.24, 2.45) is 0 Å². The molecule has 6 heteroatoms. The molecule has 0 aliphatic heterocycles. The van der Waals surface area contributed by atoms with E-state index in [0.29, 0.717) is 4.73 Å². The zero-order valence-corrected chi connectivity index (χ0v) is 4.85. The summed E-state index contributed by atoms with van der Waals surface area (Å²) in [6.45, 7) is 0. The number of rotatable bonds is 1. The molecule has 0 radical (unpaired) electrons. The van der Waals surface area contributed by atoms with Crippen LogP contribution < -0.4 is 11.2 Å². The highest BCUT2D eigenvalue weighted by Gasteiger charge is 1.94. The number of aromatic nitrogens is 2. The van der Waals surface area contributed by atoms with Crippen molar-refractivity contribution in [3.63, 3.8) is 0 Å². The molecule has 6 nitrogen and oxygen atoms in total. The Morgan fingerprint density at radius 1 is 1.70 bits per heavy atom. The Morgan fingerprint density at radius 2 is 2.40 bits per heavy atom. The second kappa shape index (κ2) is 2.36. The molecule has 3 N–H and O–H groups in total. The smallest absolute Gasteiger partial charge is 0.382 e. The fraction of sp³-hybridized carbons (Fsp3) is 0. The number of hydrogen-bond acceptors (Lipinski definition) is 5. The molecule has 0 saturated heterocycles. The molecule has 10 heavy (non-hydrogen) atoms. The van der Waals surface area contributed by atoms with Crippen LogP contribution >= 0.6 is 0 Å². The SMILES string of the molecule is O=c1nc(NO)ccn1O. The Kier molecular flexibility index (Phi) is 1.55. The van der Waals surface area contributed by atoms with E-state index in [-0.39, 0.29) is 5.82 Å². The summed E-state index contributed by atoms with van der Waals surface area (Å²) in [6.07, 6.45) is 1.06. The molecule has 0 amide bonds. The van der Waals surface area contributed by atoms with Crippen LogP contribution in [0.15, 0.2) is 17.1 Å². The number of anilines is 1. The average molecular weight is 143 g/mol. The second-order valence-corrected chi connectivity index (χ2v) is 1.55. The molecule has 0 spiro atoms. The Morgan fingerprint density at radius 3 is 2.90 bits per heavy atom. The van der Waals surface area contributed by atoms with E-state index in [2.05, 4.69) is 4.98 Å². The number of nitrogens with one attached hydrogen (secondary N) is 1. The summed E-state index contributed by atoms with van der Waals surface area (Å²) < 4.78 is 0.306. The topological polar surface area (TPSA) is 87.4 Å². The van der Waals surface area contributed by atoms with Gasteiger partial charge in [-0.15, -0.1) is 4.73 Å². The zero-order valence-electron chi connectivity index (χ0n) is 4.85. The maximum Gasteiger partial charge on any atom is 0.382 e. The lowest BCUT2D eigenvalue weighted by atomic mass is 10.6. The summed E-state index contributed by atoms with van der Waals surface area (Å²) in [5, 5.41) is 16.8. The first-order chi connectivity index (χ1) is 4.74. The summed E-state index contributed by atoms with van der Waals surface area (Å²) >= 11 is 0. The van der Waals surface area contributed by atoms with Crippen LogP contribution in [-0.2, 0) is 0 Å². The van der Waals surface area contributed by atoms with Crippen molar-refractivity contribution >= 4 is 5.82 Å². The van der Waals surface area contributed by atoms with Gasteiger partial charge in [-0.25, -0.2) is 4.79 Å². The van der Waals surface area contributed by atoms with Gasteiger partial charge in [-0.3, -0.25) is 10.7 Å². The molecule has 1 aromatic heterocycles. The maximum absolute atomic E-state index is 10.4. The normalized spacial score (nSPS) is 9.30. The number of hydrogen-bond donors (Lipinski definition) is 3. The van der Waals surface area contributed by atoms with E-state index in [9.17, 15) is 4.79 Å². The lowest BCUT2D eigenvalue weighted by Crippen LogP contribution is -2.20. The summed E-state index contributed by atoms with van der Waals surface area (Å²) in [4.78, 5) is 13.6. The van der Waals surface area contributed by atoms with Crippen LogP contribution in [0.3, 0.4) is 0 Å². The molecule has 1 heterocycles. The minimum Gasteiger partial charge on any atom is -0.424 e. The van der Waals surface area contributed by atoms with Gasteiger partial charge in [0.2, 0.25) is 0 Å². The van der Waals surface area contributed by atoms with Gasteiger partial charge in [-0.1, -0.05) is 0 Å². The molecule has 1 rings (SSSR count). The molecule has 54 valence electrons. The quantitative estimate of drug-likeness (QED) is 0.356. The van der Waals surface area contributed by atoms with Crippen molar-refractivity contribution in [3.05, 3.63) is 22.7 Å². The minimum atomic E-state index is -0.848. The first-order valence-electron chi connectivity index (χ1n) is 2.43. The number of nitrogens with zero attached hydrogens (tertiary/aromatic N) is 2. The van der Waals surface area contributed by atoms with E-state index in [0.717, 1.165) is 6.20 Å². The van der Waals surface area contributed by atoms with Crippen LogP contribution in [0.25, 0.3) is 0 Å². The van der Waals surface area contributed by atoms with Crippen molar-refractivity contribution in [1.29, 1.82) is 0 Å². The van der Waals surface area contributed by atoms with Gasteiger partial charge in [0, 0.05) is 6.07 Å². The van der Waals surface area contributed by atoms with Gasteiger partial charge in [-0.2, -0.15) is 4.98 Å². The highest BCUT2D eigenvalue weighted by atomic mass is 16.5. The van der Waals surface area contributed by atoms with Gasteiger partial charge in [0.1, 0.15) is 0 Å². The first kappa shape index (κ1) is 6.56. The van der Waals surface area contributed by atoms with Crippen molar-refractivity contribution < 1.29 is 10.4 Å². The summed E-state index contributed by atoms with van der Waals surface area (Å²) in [7, 11) is 0. The molecule has 0 aliphatic rings. The summed E-state index contributed by atoms with van der Waals surface area (Å²) in [5.74, 6) is -0.00435. The fourth-order valence-corrected chi connectivity index (χ4v) is 0.459. The fourth-order valence-electron chi connectivity index (χ4n) is 0.459. The monoisotopic (exact) mass is 143 g/mol. The summed E-state index contributed by atoms with van der Waals surface area (Å²) in [5.41, 5.74) is 0.811. The Hall–Kier alpha value is -1.56. The van der Waals surface area contributed by atoms with Gasteiger partial charge in [0.25, 0.3) is 0 Å². The van der Waals surface area contributed by atoms with Crippen LogP contribution in [0.5, 0.6) is 0 Å². The van der Waals surface area contributed by atoms with E-state index < -0.39 is 5.69 Å². The Balaban J connectivity index is 3.17. The third-order valence-corrected chi connectivity index (χ3v) is 0.900. The third-order valence-electron chi connectivity index (χ3n) is 0.900. The molecule has 0 bridgehead atoms. The van der Waals surface area contributed by atoms with E-state index in [1.807, 2.05) is 0 Å². The van der Waals surface area contributed by atoms with Crippen molar-refractivity contribution in [3.8, 4) is 0 Å². The van der Waals surface area contributed by atoms with Gasteiger partial charge < -0.3 is 5.21 Å². The average Bonchev–Trinajstić information content (AvgIpc) is 1.95. The Labute approximate surface area is 55.3 Å². The molecule has 0 unspecified atom stereocenters. The van der Waals surface area contributed by atoms with Gasteiger partial charge >= 0.3 is 5.69 Å². The Bertz CT molecular complexity index is 281. The highest BCUT2D eigenvalue weighted by molar-refractivity contribution is 5.27. The summed E-state index contributed by atoms with van der Waals surface area (Å²) in [6, 6.07) is 1.24. The standard InChI is InChI=1S/C4H5N3O3/c8-4-5-3(6-9)1-2-7(4)10/h1-2,9-10H,(H,5,6,8). The molecular formula is C4H5N3O3. The lowest BCUT2D eigenvalue weighted by Gasteiger charge is -1.95. The van der Waals surface area contributed by atoms with E-state index in [4.69, 9.17) is 10.4 Å². The lowest BCUT2D eigenvalue weighted by molar-refractivity contribution is 0.170. The zero-order chi connectivity index (χ0) is 7.56. The third kappa shape index (κ3) is 1.06. The van der Waals surface area contributed by atoms with Crippen molar-refractivity contribution in [2.45, 2.75) is 0 Å². The van der Waals surface area contributed by atoms with Crippen molar-refractivity contribution in [1.82, 2.24) is 9.71 Å². The molecule has 0 fully saturated rings. The molecule has 0 atom stereocenters.